The van der Waals surface area contributed by atoms with Crippen LogP contribution in [0.3, 0.4) is 0 Å². The van der Waals surface area contributed by atoms with Crippen LogP contribution < -0.4 is 5.32 Å². The molecule has 0 fully saturated rings. The number of aromatic nitrogens is 3. The highest BCUT2D eigenvalue weighted by Crippen LogP contribution is 2.35. The molecule has 2 aromatic rings. The average Bonchev–Trinajstić information content (AvgIpc) is 3.19. The third-order valence-electron chi connectivity index (χ3n) is 5.73. The van der Waals surface area contributed by atoms with Crippen LogP contribution in [0, 0.1) is 5.41 Å². The van der Waals surface area contributed by atoms with E-state index < -0.39 is 0 Å². The molecule has 1 atom stereocenters. The molecular weight excluding hydrogens is 326 g/mol. The normalized spacial score (nSPS) is 22.5. The molecule has 0 saturated heterocycles. The number of carbonyl (C=O) groups excluding carboxylic acids is 1. The van der Waals surface area contributed by atoms with Gasteiger partial charge in [0.1, 0.15) is 5.82 Å². The maximum absolute atomic E-state index is 13.1. The first-order chi connectivity index (χ1) is 12.4. The summed E-state index contributed by atoms with van der Waals surface area (Å²) in [7, 11) is 0. The predicted molar refractivity (Wildman–Crippen MR) is 101 cm³/mol. The highest BCUT2D eigenvalue weighted by Gasteiger charge is 2.36. The van der Waals surface area contributed by atoms with Gasteiger partial charge in [0.15, 0.2) is 5.82 Å². The third-order valence-corrected chi connectivity index (χ3v) is 5.73. The van der Waals surface area contributed by atoms with E-state index >= 15 is 0 Å². The van der Waals surface area contributed by atoms with Crippen LogP contribution in [0.25, 0.3) is 0 Å². The number of aromatic amines is 1. The molecule has 0 radical (unpaired) electrons. The van der Waals surface area contributed by atoms with Crippen molar-refractivity contribution in [1.29, 1.82) is 0 Å². The summed E-state index contributed by atoms with van der Waals surface area (Å²) in [6.07, 6.45) is 4.18. The molecule has 4 rings (SSSR count). The standard InChI is InChI=1S/C20H27N5O/c1-13-7-4-5-10-20(2,3)19(26)25-11-14-16(12-25)23-24-18(14)22-17-9-6-8-15(13)21-17/h6,8-9,13H,4-5,7,10-12H2,1-3H3,(H2,21,22,23,24). The van der Waals surface area contributed by atoms with Gasteiger partial charge in [0.05, 0.1) is 18.8 Å². The minimum absolute atomic E-state index is 0.231. The van der Waals surface area contributed by atoms with Crippen molar-refractivity contribution in [2.45, 2.75) is 65.5 Å². The summed E-state index contributed by atoms with van der Waals surface area (Å²) in [4.78, 5) is 19.8. The van der Waals surface area contributed by atoms with Crippen LogP contribution >= 0.6 is 0 Å². The smallest absolute Gasteiger partial charge is 0.228 e. The lowest BCUT2D eigenvalue weighted by molar-refractivity contribution is -0.141. The number of rotatable bonds is 0. The monoisotopic (exact) mass is 353 g/mol. The summed E-state index contributed by atoms with van der Waals surface area (Å²) in [6.45, 7) is 7.59. The van der Waals surface area contributed by atoms with Crippen molar-refractivity contribution in [1.82, 2.24) is 20.1 Å². The van der Waals surface area contributed by atoms with Crippen LogP contribution in [0.5, 0.6) is 0 Å². The number of anilines is 2. The molecular formula is C20H27N5O. The lowest BCUT2D eigenvalue weighted by Crippen LogP contribution is -2.38. The van der Waals surface area contributed by atoms with Gasteiger partial charge in [-0.1, -0.05) is 39.7 Å². The molecule has 6 nitrogen and oxygen atoms in total. The summed E-state index contributed by atoms with van der Waals surface area (Å²) >= 11 is 0. The molecule has 1 unspecified atom stereocenters. The minimum atomic E-state index is -0.330. The quantitative estimate of drug-likeness (QED) is 0.748. The number of H-pyrrole nitrogens is 1. The average molecular weight is 353 g/mol. The van der Waals surface area contributed by atoms with Crippen LogP contribution in [0.15, 0.2) is 18.2 Å². The van der Waals surface area contributed by atoms with E-state index in [9.17, 15) is 4.79 Å². The van der Waals surface area contributed by atoms with Crippen molar-refractivity contribution in [3.05, 3.63) is 35.2 Å². The van der Waals surface area contributed by atoms with Gasteiger partial charge in [0.2, 0.25) is 5.91 Å². The van der Waals surface area contributed by atoms with E-state index in [0.29, 0.717) is 19.0 Å². The van der Waals surface area contributed by atoms with E-state index in [0.717, 1.165) is 54.3 Å². The predicted octanol–water partition coefficient (Wildman–Crippen LogP) is 4.09. The summed E-state index contributed by atoms with van der Waals surface area (Å²) in [5.41, 5.74) is 2.87. The molecule has 0 aliphatic carbocycles. The van der Waals surface area contributed by atoms with Gasteiger partial charge < -0.3 is 10.2 Å². The lowest BCUT2D eigenvalue weighted by Gasteiger charge is -2.29. The van der Waals surface area contributed by atoms with Crippen molar-refractivity contribution in [2.75, 3.05) is 5.32 Å². The van der Waals surface area contributed by atoms with Crippen molar-refractivity contribution in [3.8, 4) is 0 Å². The van der Waals surface area contributed by atoms with Gasteiger partial charge >= 0.3 is 0 Å². The number of hydrogen-bond acceptors (Lipinski definition) is 4. The molecule has 2 aromatic heterocycles. The Morgan fingerprint density at radius 3 is 2.92 bits per heavy atom. The Morgan fingerprint density at radius 1 is 1.23 bits per heavy atom. The number of pyridine rings is 1. The molecule has 26 heavy (non-hydrogen) atoms. The van der Waals surface area contributed by atoms with Gasteiger partial charge in [-0.25, -0.2) is 4.98 Å². The SMILES string of the molecule is CC1CCCCC(C)(C)C(=O)N2Cc3[nH]nc(c3C2)Nc2cccc1n2. The first kappa shape index (κ1) is 17.1. The number of amides is 1. The minimum Gasteiger partial charge on any atom is -0.332 e. The Balaban J connectivity index is 1.68. The molecule has 0 aromatic carbocycles. The second kappa shape index (κ2) is 6.41. The van der Waals surface area contributed by atoms with E-state index in [1.807, 2.05) is 17.0 Å². The molecule has 1 amide bonds. The Morgan fingerprint density at radius 2 is 2.08 bits per heavy atom. The van der Waals surface area contributed by atoms with Crippen molar-refractivity contribution in [2.24, 2.45) is 5.41 Å². The number of hydrogen-bond donors (Lipinski definition) is 2. The fourth-order valence-corrected chi connectivity index (χ4v) is 4.00. The molecule has 2 N–H and O–H groups in total. The van der Waals surface area contributed by atoms with Crippen molar-refractivity contribution in [3.63, 3.8) is 0 Å². The summed E-state index contributed by atoms with van der Waals surface area (Å²) < 4.78 is 0. The van der Waals surface area contributed by atoms with E-state index in [1.165, 1.54) is 0 Å². The largest absolute Gasteiger partial charge is 0.332 e. The maximum Gasteiger partial charge on any atom is 0.228 e. The number of carbonyl (C=O) groups is 1. The van der Waals surface area contributed by atoms with Crippen molar-refractivity contribution >= 4 is 17.5 Å². The first-order valence-electron chi connectivity index (χ1n) is 9.53. The second-order valence-electron chi connectivity index (χ2n) is 8.29. The Bertz CT molecular complexity index is 825. The van der Waals surface area contributed by atoms with Gasteiger partial charge in [-0.05, 0) is 30.9 Å². The van der Waals surface area contributed by atoms with Crippen LogP contribution in [-0.4, -0.2) is 26.0 Å². The van der Waals surface area contributed by atoms with Gasteiger partial charge in [0.25, 0.3) is 0 Å². The number of nitrogens with zero attached hydrogens (tertiary/aromatic N) is 3. The summed E-state index contributed by atoms with van der Waals surface area (Å²) in [6, 6.07) is 6.11. The fraction of sp³-hybridized carbons (Fsp3) is 0.550. The molecule has 0 saturated carbocycles. The molecule has 4 heterocycles. The van der Waals surface area contributed by atoms with Gasteiger partial charge in [0, 0.05) is 16.7 Å². The first-order valence-corrected chi connectivity index (χ1v) is 9.53. The van der Waals surface area contributed by atoms with Gasteiger partial charge in [-0.3, -0.25) is 9.89 Å². The Hall–Kier alpha value is -2.37. The molecule has 4 bridgehead atoms. The lowest BCUT2D eigenvalue weighted by atomic mass is 9.84. The highest BCUT2D eigenvalue weighted by molar-refractivity contribution is 5.82. The second-order valence-corrected chi connectivity index (χ2v) is 8.29. The van der Waals surface area contributed by atoms with Crippen LogP contribution in [-0.2, 0) is 17.9 Å². The van der Waals surface area contributed by atoms with Crippen LogP contribution in [0.1, 0.15) is 69.3 Å². The number of nitrogens with one attached hydrogen (secondary N) is 2. The van der Waals surface area contributed by atoms with Gasteiger partial charge in [-0.2, -0.15) is 5.10 Å². The molecule has 138 valence electrons. The molecule has 0 spiro atoms. The molecule has 2 aliphatic rings. The molecule has 6 heteroatoms. The van der Waals surface area contributed by atoms with E-state index in [1.54, 1.807) is 0 Å². The van der Waals surface area contributed by atoms with E-state index in [-0.39, 0.29) is 11.3 Å². The summed E-state index contributed by atoms with van der Waals surface area (Å²) in [5, 5.41) is 10.8. The van der Waals surface area contributed by atoms with Crippen LogP contribution in [0.2, 0.25) is 0 Å². The van der Waals surface area contributed by atoms with E-state index in [4.69, 9.17) is 4.98 Å². The highest BCUT2D eigenvalue weighted by atomic mass is 16.2. The maximum atomic E-state index is 13.1. The Labute approximate surface area is 154 Å². The topological polar surface area (TPSA) is 73.9 Å². The zero-order chi connectivity index (χ0) is 18.3. The molecule has 2 aliphatic heterocycles. The van der Waals surface area contributed by atoms with Crippen LogP contribution in [0.4, 0.5) is 11.6 Å². The Kier molecular flexibility index (Phi) is 4.21. The fourth-order valence-electron chi connectivity index (χ4n) is 4.00. The van der Waals surface area contributed by atoms with E-state index in [2.05, 4.69) is 42.4 Å². The zero-order valence-electron chi connectivity index (χ0n) is 15.8. The third kappa shape index (κ3) is 3.08. The number of fused-ring (bicyclic) bond motifs is 3. The summed E-state index contributed by atoms with van der Waals surface area (Å²) in [5.74, 6) is 2.22. The van der Waals surface area contributed by atoms with Crippen molar-refractivity contribution < 1.29 is 4.79 Å². The van der Waals surface area contributed by atoms with Gasteiger partial charge in [-0.15, -0.1) is 0 Å². The zero-order valence-corrected chi connectivity index (χ0v) is 15.8.